The highest BCUT2D eigenvalue weighted by Gasteiger charge is 2.35. The van der Waals surface area contributed by atoms with Crippen LogP contribution in [0.5, 0.6) is 5.75 Å². The zero-order valence-corrected chi connectivity index (χ0v) is 17.2. The van der Waals surface area contributed by atoms with Gasteiger partial charge >= 0.3 is 6.18 Å². The number of nitrogens with one attached hydrogen (secondary N) is 1. The largest absolute Gasteiger partial charge is 0.497 e. The van der Waals surface area contributed by atoms with Gasteiger partial charge in [-0.1, -0.05) is 26.0 Å². The van der Waals surface area contributed by atoms with Crippen LogP contribution in [0.4, 0.5) is 36.3 Å². The second kappa shape index (κ2) is 8.61. The fourth-order valence-electron chi connectivity index (χ4n) is 2.85. The van der Waals surface area contributed by atoms with E-state index < -0.39 is 11.7 Å². The van der Waals surface area contributed by atoms with Crippen LogP contribution in [-0.2, 0) is 6.18 Å². The number of nitrogens with zero attached hydrogens (tertiary/aromatic N) is 3. The number of halogens is 3. The average Bonchev–Trinajstić information content (AvgIpc) is 2.73. The Labute approximate surface area is 173 Å². The van der Waals surface area contributed by atoms with Gasteiger partial charge in [0.05, 0.1) is 7.11 Å². The zero-order valence-electron chi connectivity index (χ0n) is 17.2. The van der Waals surface area contributed by atoms with Crippen LogP contribution < -0.4 is 15.0 Å². The molecule has 0 aliphatic carbocycles. The van der Waals surface area contributed by atoms with Crippen LogP contribution >= 0.6 is 0 Å². The first kappa shape index (κ1) is 21.4. The van der Waals surface area contributed by atoms with Crippen molar-refractivity contribution in [1.29, 1.82) is 0 Å². The molecule has 0 spiro atoms. The molecule has 3 rings (SSSR count). The van der Waals surface area contributed by atoms with E-state index in [2.05, 4.69) is 29.1 Å². The summed E-state index contributed by atoms with van der Waals surface area (Å²) in [7, 11) is 3.24. The molecule has 0 fully saturated rings. The van der Waals surface area contributed by atoms with Crippen LogP contribution in [0, 0.1) is 0 Å². The minimum absolute atomic E-state index is 0.134. The van der Waals surface area contributed by atoms with Crippen molar-refractivity contribution in [3.63, 3.8) is 0 Å². The first-order valence-corrected chi connectivity index (χ1v) is 9.38. The molecule has 5 nitrogen and oxygen atoms in total. The summed E-state index contributed by atoms with van der Waals surface area (Å²) in [6.45, 7) is 4.10. The maximum absolute atomic E-state index is 13.5. The molecule has 0 saturated heterocycles. The van der Waals surface area contributed by atoms with Gasteiger partial charge in [-0.2, -0.15) is 18.2 Å². The third-order valence-corrected chi connectivity index (χ3v) is 4.68. The zero-order chi connectivity index (χ0) is 21.9. The van der Waals surface area contributed by atoms with Gasteiger partial charge in [-0.3, -0.25) is 0 Å². The molecule has 0 unspecified atom stereocenters. The van der Waals surface area contributed by atoms with Gasteiger partial charge in [0.15, 0.2) is 0 Å². The first-order valence-electron chi connectivity index (χ1n) is 9.38. The molecule has 1 aromatic heterocycles. The van der Waals surface area contributed by atoms with Gasteiger partial charge in [-0.25, -0.2) is 4.98 Å². The average molecular weight is 416 g/mol. The van der Waals surface area contributed by atoms with Gasteiger partial charge in [-0.15, -0.1) is 0 Å². The molecular weight excluding hydrogens is 393 g/mol. The molecule has 8 heteroatoms. The molecule has 0 atom stereocenters. The monoisotopic (exact) mass is 416 g/mol. The second-order valence-corrected chi connectivity index (χ2v) is 7.09. The second-order valence-electron chi connectivity index (χ2n) is 7.09. The number of rotatable bonds is 6. The van der Waals surface area contributed by atoms with Gasteiger partial charge in [-0.05, 0) is 47.9 Å². The maximum atomic E-state index is 13.5. The quantitative estimate of drug-likeness (QED) is 0.523. The molecule has 0 amide bonds. The summed E-state index contributed by atoms with van der Waals surface area (Å²) in [5.74, 6) is 0.834. The number of hydrogen-bond acceptors (Lipinski definition) is 5. The van der Waals surface area contributed by atoms with E-state index in [9.17, 15) is 13.2 Å². The number of ether oxygens (including phenoxy) is 1. The fraction of sp³-hybridized carbons (Fsp3) is 0.273. The molecule has 0 bridgehead atoms. The summed E-state index contributed by atoms with van der Waals surface area (Å²) in [5, 5.41) is 2.79. The Morgan fingerprint density at radius 1 is 1.00 bits per heavy atom. The molecular formula is C22H23F3N4O. The summed E-state index contributed by atoms with van der Waals surface area (Å²) >= 11 is 0. The molecule has 0 saturated carbocycles. The number of hydrogen-bond donors (Lipinski definition) is 1. The minimum atomic E-state index is -4.59. The van der Waals surface area contributed by atoms with Crippen molar-refractivity contribution in [2.45, 2.75) is 25.9 Å². The minimum Gasteiger partial charge on any atom is -0.497 e. The van der Waals surface area contributed by atoms with Gasteiger partial charge in [0, 0.05) is 24.6 Å². The molecule has 2 aromatic carbocycles. The van der Waals surface area contributed by atoms with E-state index >= 15 is 0 Å². The van der Waals surface area contributed by atoms with Crippen molar-refractivity contribution in [2.75, 3.05) is 24.4 Å². The molecule has 0 aliphatic rings. The lowest BCUT2D eigenvalue weighted by Crippen LogP contribution is -2.17. The Balaban J connectivity index is 1.95. The van der Waals surface area contributed by atoms with E-state index in [0.717, 1.165) is 11.8 Å². The number of aromatic nitrogens is 2. The van der Waals surface area contributed by atoms with Crippen molar-refractivity contribution in [3.05, 3.63) is 65.9 Å². The number of methoxy groups -OCH3 is 1. The molecule has 3 aromatic rings. The Hall–Kier alpha value is -3.29. The van der Waals surface area contributed by atoms with E-state index in [1.807, 2.05) is 12.1 Å². The first-order chi connectivity index (χ1) is 14.2. The maximum Gasteiger partial charge on any atom is 0.421 e. The third kappa shape index (κ3) is 4.82. The third-order valence-electron chi connectivity index (χ3n) is 4.68. The number of anilines is 4. The summed E-state index contributed by atoms with van der Waals surface area (Å²) < 4.78 is 45.7. The Kier molecular flexibility index (Phi) is 6.14. The predicted molar refractivity (Wildman–Crippen MR) is 112 cm³/mol. The molecule has 0 radical (unpaired) electrons. The highest BCUT2D eigenvalue weighted by atomic mass is 19.4. The molecule has 1 N–H and O–H groups in total. The van der Waals surface area contributed by atoms with E-state index in [-0.39, 0.29) is 11.8 Å². The highest BCUT2D eigenvalue weighted by molar-refractivity contribution is 5.64. The Morgan fingerprint density at radius 2 is 1.63 bits per heavy atom. The Bertz CT molecular complexity index is 987. The standard InChI is InChI=1S/C22H23F3N4O/c1-14(2)15-5-7-16(8-6-15)27-20-19(22(23,24)25)13-26-21(28-20)29(3)17-9-11-18(30-4)12-10-17/h5-14H,1-4H3,(H,26,27,28). The van der Waals surface area contributed by atoms with Crippen LogP contribution in [0.3, 0.4) is 0 Å². The smallest absolute Gasteiger partial charge is 0.421 e. The van der Waals surface area contributed by atoms with Crippen LogP contribution in [0.2, 0.25) is 0 Å². The molecule has 158 valence electrons. The van der Waals surface area contributed by atoms with Crippen molar-refractivity contribution < 1.29 is 17.9 Å². The SMILES string of the molecule is COc1ccc(N(C)c2ncc(C(F)(F)F)c(Nc3ccc(C(C)C)cc3)n2)cc1. The van der Waals surface area contributed by atoms with E-state index in [0.29, 0.717) is 23.0 Å². The van der Waals surface area contributed by atoms with Crippen LogP contribution in [-0.4, -0.2) is 24.1 Å². The van der Waals surface area contributed by atoms with Gasteiger partial charge < -0.3 is 15.0 Å². The predicted octanol–water partition coefficient (Wildman–Crippen LogP) is 6.14. The summed E-state index contributed by atoms with van der Waals surface area (Å²) in [4.78, 5) is 9.69. The molecule has 30 heavy (non-hydrogen) atoms. The van der Waals surface area contributed by atoms with Crippen molar-refractivity contribution in [3.8, 4) is 5.75 Å². The van der Waals surface area contributed by atoms with E-state index in [1.165, 1.54) is 0 Å². The van der Waals surface area contributed by atoms with Gasteiger partial charge in [0.1, 0.15) is 17.1 Å². The highest BCUT2D eigenvalue weighted by Crippen LogP contribution is 2.36. The lowest BCUT2D eigenvalue weighted by Gasteiger charge is -2.20. The van der Waals surface area contributed by atoms with Gasteiger partial charge in [0.25, 0.3) is 0 Å². The van der Waals surface area contributed by atoms with Crippen LogP contribution in [0.25, 0.3) is 0 Å². The topological polar surface area (TPSA) is 50.3 Å². The van der Waals surface area contributed by atoms with E-state index in [1.54, 1.807) is 55.5 Å². The van der Waals surface area contributed by atoms with E-state index in [4.69, 9.17) is 4.74 Å². The lowest BCUT2D eigenvalue weighted by molar-refractivity contribution is -0.137. The number of alkyl halides is 3. The van der Waals surface area contributed by atoms with Gasteiger partial charge in [0.2, 0.25) is 5.95 Å². The summed E-state index contributed by atoms with van der Waals surface area (Å²) in [6.07, 6.45) is -3.79. The van der Waals surface area contributed by atoms with Crippen molar-refractivity contribution in [1.82, 2.24) is 9.97 Å². The van der Waals surface area contributed by atoms with Crippen molar-refractivity contribution >= 4 is 23.1 Å². The van der Waals surface area contributed by atoms with Crippen LogP contribution in [0.1, 0.15) is 30.9 Å². The lowest BCUT2D eigenvalue weighted by atomic mass is 10.0. The fourth-order valence-corrected chi connectivity index (χ4v) is 2.85. The molecule has 0 aliphatic heterocycles. The molecule has 1 heterocycles. The summed E-state index contributed by atoms with van der Waals surface area (Å²) in [5.41, 5.74) is 1.39. The van der Waals surface area contributed by atoms with Crippen LogP contribution in [0.15, 0.2) is 54.7 Å². The summed E-state index contributed by atoms with van der Waals surface area (Å²) in [6, 6.07) is 14.3. The normalized spacial score (nSPS) is 11.5. The van der Waals surface area contributed by atoms with Crippen molar-refractivity contribution in [2.24, 2.45) is 0 Å². The number of benzene rings is 2. The Morgan fingerprint density at radius 3 is 2.17 bits per heavy atom.